The van der Waals surface area contributed by atoms with Gasteiger partial charge in [-0.15, -0.1) is 5.10 Å². The van der Waals surface area contributed by atoms with Gasteiger partial charge in [0.1, 0.15) is 0 Å². The van der Waals surface area contributed by atoms with E-state index in [1.807, 2.05) is 50.2 Å². The minimum absolute atomic E-state index is 0.101. The van der Waals surface area contributed by atoms with Crippen molar-refractivity contribution >= 4 is 11.8 Å². The summed E-state index contributed by atoms with van der Waals surface area (Å²) in [4.78, 5) is 26.4. The molecule has 0 atom stereocenters. The lowest BCUT2D eigenvalue weighted by Gasteiger charge is -2.13. The molecule has 1 aromatic carbocycles. The Bertz CT molecular complexity index is 1020. The molecule has 7 nitrogen and oxygen atoms in total. The van der Waals surface area contributed by atoms with Crippen molar-refractivity contribution in [2.75, 3.05) is 6.61 Å². The van der Waals surface area contributed by atoms with Gasteiger partial charge in [-0.05, 0) is 52.8 Å². The molecule has 0 aliphatic carbocycles. The highest BCUT2D eigenvalue weighted by Gasteiger charge is 2.22. The van der Waals surface area contributed by atoms with Crippen LogP contribution in [0.3, 0.4) is 0 Å². The van der Waals surface area contributed by atoms with E-state index in [1.165, 1.54) is 4.80 Å². The van der Waals surface area contributed by atoms with Gasteiger partial charge in [-0.1, -0.05) is 18.2 Å². The highest BCUT2D eigenvalue weighted by molar-refractivity contribution is 6.00. The van der Waals surface area contributed by atoms with Gasteiger partial charge in [-0.3, -0.25) is 4.79 Å². The van der Waals surface area contributed by atoms with Crippen LogP contribution >= 0.6 is 0 Å². The standard InChI is InChI=1S/C21H24N4O3/c1-13(2)24-14(3)11-18(16(24)5)19(26)12-28-21(27)20-15(4)22-25(23-20)17-9-7-6-8-10-17/h6-11,13H,12H2,1-5H3. The molecule has 0 saturated carbocycles. The van der Waals surface area contributed by atoms with E-state index < -0.39 is 5.97 Å². The van der Waals surface area contributed by atoms with Gasteiger partial charge < -0.3 is 9.30 Å². The largest absolute Gasteiger partial charge is 0.452 e. The summed E-state index contributed by atoms with van der Waals surface area (Å²) in [6.45, 7) is 9.33. The second-order valence-electron chi connectivity index (χ2n) is 7.01. The average Bonchev–Trinajstić information content (AvgIpc) is 3.19. The van der Waals surface area contributed by atoms with Gasteiger partial charge in [-0.2, -0.15) is 9.90 Å². The van der Waals surface area contributed by atoms with Crippen molar-refractivity contribution in [3.8, 4) is 5.69 Å². The lowest BCUT2D eigenvalue weighted by molar-refractivity contribution is 0.0467. The number of Topliss-reactive ketones (excluding diaryl/α,β-unsaturated/α-hetero) is 1. The molecule has 0 aliphatic rings. The van der Waals surface area contributed by atoms with Gasteiger partial charge >= 0.3 is 5.97 Å². The van der Waals surface area contributed by atoms with E-state index in [9.17, 15) is 9.59 Å². The fourth-order valence-electron chi connectivity index (χ4n) is 3.38. The molecule has 0 spiro atoms. The number of carbonyl (C=O) groups is 2. The lowest BCUT2D eigenvalue weighted by Crippen LogP contribution is -2.16. The maximum atomic E-state index is 12.6. The Hall–Kier alpha value is -3.22. The van der Waals surface area contributed by atoms with Crippen molar-refractivity contribution in [3.63, 3.8) is 0 Å². The Labute approximate surface area is 163 Å². The molecule has 7 heteroatoms. The van der Waals surface area contributed by atoms with Crippen LogP contribution in [0.25, 0.3) is 5.69 Å². The fraction of sp³-hybridized carbons (Fsp3) is 0.333. The molecule has 3 aromatic rings. The Morgan fingerprint density at radius 2 is 1.75 bits per heavy atom. The highest BCUT2D eigenvalue weighted by Crippen LogP contribution is 2.20. The quantitative estimate of drug-likeness (QED) is 0.482. The Kier molecular flexibility index (Phi) is 5.44. The van der Waals surface area contributed by atoms with Gasteiger partial charge in [0.05, 0.1) is 11.4 Å². The highest BCUT2D eigenvalue weighted by atomic mass is 16.5. The monoisotopic (exact) mass is 380 g/mol. The Morgan fingerprint density at radius 3 is 2.36 bits per heavy atom. The van der Waals surface area contributed by atoms with Crippen LogP contribution in [0.15, 0.2) is 36.4 Å². The summed E-state index contributed by atoms with van der Waals surface area (Å²) in [7, 11) is 0. The molecule has 0 bridgehead atoms. The molecule has 3 rings (SSSR count). The van der Waals surface area contributed by atoms with E-state index in [0.29, 0.717) is 11.3 Å². The zero-order chi connectivity index (χ0) is 20.4. The zero-order valence-corrected chi connectivity index (χ0v) is 16.8. The van der Waals surface area contributed by atoms with E-state index in [2.05, 4.69) is 28.6 Å². The Morgan fingerprint density at radius 1 is 1.07 bits per heavy atom. The van der Waals surface area contributed by atoms with E-state index in [4.69, 9.17) is 4.74 Å². The summed E-state index contributed by atoms with van der Waals surface area (Å²) in [6.07, 6.45) is 0. The first-order chi connectivity index (χ1) is 13.3. The number of aromatic nitrogens is 4. The van der Waals surface area contributed by atoms with E-state index >= 15 is 0 Å². The lowest BCUT2D eigenvalue weighted by atomic mass is 10.1. The second kappa shape index (κ2) is 7.80. The predicted molar refractivity (Wildman–Crippen MR) is 105 cm³/mol. The topological polar surface area (TPSA) is 79.0 Å². The number of ketones is 1. The number of rotatable bonds is 6. The molecule has 2 heterocycles. The molecule has 28 heavy (non-hydrogen) atoms. The van der Waals surface area contributed by atoms with Crippen LogP contribution in [0.2, 0.25) is 0 Å². The van der Waals surface area contributed by atoms with Crippen molar-refractivity contribution in [3.05, 3.63) is 64.7 Å². The number of hydrogen-bond acceptors (Lipinski definition) is 5. The third kappa shape index (κ3) is 3.74. The molecule has 146 valence electrons. The van der Waals surface area contributed by atoms with Crippen LogP contribution in [0.1, 0.15) is 57.8 Å². The summed E-state index contributed by atoms with van der Waals surface area (Å²) >= 11 is 0. The molecule has 0 saturated heterocycles. The molecule has 0 radical (unpaired) electrons. The third-order valence-electron chi connectivity index (χ3n) is 4.60. The second-order valence-corrected chi connectivity index (χ2v) is 7.01. The SMILES string of the molecule is Cc1nn(-c2ccccc2)nc1C(=O)OCC(=O)c1cc(C)n(C(C)C)c1C. The first-order valence-corrected chi connectivity index (χ1v) is 9.17. The number of benzene rings is 1. The van der Waals surface area contributed by atoms with Gasteiger partial charge in [-0.25, -0.2) is 4.79 Å². The van der Waals surface area contributed by atoms with Crippen molar-refractivity contribution < 1.29 is 14.3 Å². The summed E-state index contributed by atoms with van der Waals surface area (Å²) in [5.74, 6) is -0.896. The molecule has 0 amide bonds. The molecule has 0 fully saturated rings. The van der Waals surface area contributed by atoms with Crippen LogP contribution in [-0.4, -0.2) is 37.9 Å². The molecular weight excluding hydrogens is 356 g/mol. The van der Waals surface area contributed by atoms with Crippen LogP contribution < -0.4 is 0 Å². The van der Waals surface area contributed by atoms with Crippen LogP contribution in [0.4, 0.5) is 0 Å². The number of carbonyl (C=O) groups excluding carboxylic acids is 2. The molecule has 0 unspecified atom stereocenters. The normalized spacial score (nSPS) is 11.1. The first kappa shape index (κ1) is 19.5. The van der Waals surface area contributed by atoms with Crippen molar-refractivity contribution in [1.29, 1.82) is 0 Å². The summed E-state index contributed by atoms with van der Waals surface area (Å²) in [5.41, 5.74) is 3.73. The fourth-order valence-corrected chi connectivity index (χ4v) is 3.38. The van der Waals surface area contributed by atoms with Crippen LogP contribution in [-0.2, 0) is 4.74 Å². The first-order valence-electron chi connectivity index (χ1n) is 9.17. The summed E-state index contributed by atoms with van der Waals surface area (Å²) < 4.78 is 7.31. The van der Waals surface area contributed by atoms with Crippen molar-refractivity contribution in [2.45, 2.75) is 40.7 Å². The molecule has 2 aromatic heterocycles. The van der Waals surface area contributed by atoms with E-state index in [0.717, 1.165) is 17.1 Å². The van der Waals surface area contributed by atoms with Crippen molar-refractivity contribution in [2.24, 2.45) is 0 Å². The third-order valence-corrected chi connectivity index (χ3v) is 4.60. The van der Waals surface area contributed by atoms with Crippen LogP contribution in [0.5, 0.6) is 0 Å². The van der Waals surface area contributed by atoms with Gasteiger partial charge in [0, 0.05) is 23.0 Å². The maximum absolute atomic E-state index is 12.6. The minimum atomic E-state index is -0.661. The summed E-state index contributed by atoms with van der Waals surface area (Å²) in [6, 6.07) is 11.4. The number of esters is 1. The zero-order valence-electron chi connectivity index (χ0n) is 16.8. The number of ether oxygens (including phenoxy) is 1. The molecular formula is C21H24N4O3. The van der Waals surface area contributed by atoms with Crippen LogP contribution in [0, 0.1) is 20.8 Å². The average molecular weight is 380 g/mol. The molecule has 0 N–H and O–H groups in total. The van der Waals surface area contributed by atoms with E-state index in [1.54, 1.807) is 6.92 Å². The van der Waals surface area contributed by atoms with Gasteiger partial charge in [0.2, 0.25) is 5.78 Å². The number of nitrogens with zero attached hydrogens (tertiary/aromatic N) is 4. The van der Waals surface area contributed by atoms with Crippen molar-refractivity contribution in [1.82, 2.24) is 19.6 Å². The summed E-state index contributed by atoms with van der Waals surface area (Å²) in [5, 5.41) is 8.46. The van der Waals surface area contributed by atoms with Gasteiger partial charge in [0.15, 0.2) is 12.3 Å². The smallest absolute Gasteiger partial charge is 0.361 e. The molecule has 0 aliphatic heterocycles. The van der Waals surface area contributed by atoms with Gasteiger partial charge in [0.25, 0.3) is 0 Å². The number of para-hydroxylation sites is 1. The van der Waals surface area contributed by atoms with E-state index in [-0.39, 0.29) is 24.1 Å². The Balaban J connectivity index is 1.72. The number of aryl methyl sites for hydroxylation is 2. The minimum Gasteiger partial charge on any atom is -0.452 e. The number of hydrogen-bond donors (Lipinski definition) is 0. The maximum Gasteiger partial charge on any atom is 0.361 e. The predicted octanol–water partition coefficient (Wildman–Crippen LogP) is 3.61.